The molecule has 14 heteroatoms. The van der Waals surface area contributed by atoms with Crippen molar-refractivity contribution in [2.75, 3.05) is 11.5 Å². The number of hydrogen-bond donors (Lipinski definition) is 0. The number of ketones is 1. The predicted molar refractivity (Wildman–Crippen MR) is 131 cm³/mol. The molecule has 2 atom stereocenters. The number of rotatable bonds is 9. The van der Waals surface area contributed by atoms with Crippen molar-refractivity contribution in [3.63, 3.8) is 0 Å². The molecule has 0 amide bonds. The quantitative estimate of drug-likeness (QED) is 0.200. The van der Waals surface area contributed by atoms with Gasteiger partial charge in [0.1, 0.15) is 17.5 Å². The van der Waals surface area contributed by atoms with Crippen LogP contribution in [0.15, 0.2) is 46.9 Å². The fraction of sp³-hybridized carbons (Fsp3) is 0.348. The molecule has 0 heterocycles. The number of Topliss-reactive ketones (excluding diaryl/α,β-unsaturated/α-hetero) is 1. The zero-order chi connectivity index (χ0) is 28.3. The van der Waals surface area contributed by atoms with Gasteiger partial charge in [-0.3, -0.25) is 4.79 Å². The van der Waals surface area contributed by atoms with Gasteiger partial charge in [0.05, 0.1) is 15.8 Å². The van der Waals surface area contributed by atoms with Gasteiger partial charge in [-0.15, -0.1) is 0 Å². The van der Waals surface area contributed by atoms with E-state index in [-0.39, 0.29) is 31.2 Å². The zero-order valence-corrected chi connectivity index (χ0v) is 22.6. The summed E-state index contributed by atoms with van der Waals surface area (Å²) in [6, 6.07) is 6.41. The third-order valence-electron chi connectivity index (χ3n) is 4.97. The lowest BCUT2D eigenvalue weighted by molar-refractivity contribution is -0.139. The van der Waals surface area contributed by atoms with E-state index in [0.29, 0.717) is 6.08 Å². The summed E-state index contributed by atoms with van der Waals surface area (Å²) >= 11 is 14.6. The van der Waals surface area contributed by atoms with Crippen LogP contribution in [0.1, 0.15) is 40.7 Å². The molecule has 0 saturated heterocycles. The second-order valence-electron chi connectivity index (χ2n) is 8.30. The van der Waals surface area contributed by atoms with E-state index in [0.717, 1.165) is 36.4 Å². The smallest absolute Gasteiger partial charge is 0.294 e. The first-order valence-corrected chi connectivity index (χ1v) is 13.7. The number of carbonyl (C=O) groups is 1. The highest BCUT2D eigenvalue weighted by molar-refractivity contribution is 9.10. The highest BCUT2D eigenvalue weighted by Gasteiger charge is 2.40. The molecule has 2 rings (SSSR count). The van der Waals surface area contributed by atoms with Crippen molar-refractivity contribution >= 4 is 60.6 Å². The first-order chi connectivity index (χ1) is 16.8. The molecule has 0 spiro atoms. The molecule has 37 heavy (non-hydrogen) atoms. The fourth-order valence-corrected chi connectivity index (χ4v) is 5.95. The average molecular weight is 658 g/mol. The van der Waals surface area contributed by atoms with Gasteiger partial charge < -0.3 is 0 Å². The molecule has 0 aromatic heterocycles. The first kappa shape index (κ1) is 31.6. The molecule has 0 radical (unpaired) electrons. The second kappa shape index (κ2) is 12.0. The van der Waals surface area contributed by atoms with Gasteiger partial charge in [-0.2, -0.15) is 26.3 Å². The Kier molecular flexibility index (Phi) is 10.3. The highest BCUT2D eigenvalue weighted by atomic mass is 79.9. The number of benzene rings is 2. The Labute approximate surface area is 226 Å². The lowest BCUT2D eigenvalue weighted by Gasteiger charge is -2.18. The van der Waals surface area contributed by atoms with Crippen molar-refractivity contribution in [3.05, 3.63) is 73.7 Å². The molecule has 0 aliphatic heterocycles. The van der Waals surface area contributed by atoms with E-state index in [2.05, 4.69) is 15.9 Å². The third-order valence-corrected chi connectivity index (χ3v) is 8.21. The van der Waals surface area contributed by atoms with Crippen LogP contribution in [0.2, 0.25) is 10.0 Å². The molecule has 0 saturated carbocycles. The minimum Gasteiger partial charge on any atom is -0.294 e. The van der Waals surface area contributed by atoms with Gasteiger partial charge in [-0.05, 0) is 41.8 Å². The van der Waals surface area contributed by atoms with E-state index in [4.69, 9.17) is 23.2 Å². The van der Waals surface area contributed by atoms with Crippen LogP contribution in [-0.4, -0.2) is 38.1 Å². The molecule has 0 bridgehead atoms. The number of carbonyl (C=O) groups excluding carboxylic acids is 1. The van der Waals surface area contributed by atoms with Crippen LogP contribution in [-0.2, 0) is 9.84 Å². The summed E-state index contributed by atoms with van der Waals surface area (Å²) in [7, 11) is -4.50. The molecule has 0 fully saturated rings. The van der Waals surface area contributed by atoms with Gasteiger partial charge in [0.2, 0.25) is 0 Å². The van der Waals surface area contributed by atoms with E-state index < -0.39 is 63.6 Å². The van der Waals surface area contributed by atoms with Gasteiger partial charge in [-0.25, -0.2) is 12.8 Å². The SMILES string of the molecule is C[C@@H](CC(=O)c1ccc(/C(F)=C/C(c2ccc(Cl)c(Cl)c2)C(F)(F)F)cc1Br)CS(=O)(=O)CC(F)(F)F. The molecule has 2 aromatic rings. The number of allylic oxidation sites excluding steroid dienone is 1. The van der Waals surface area contributed by atoms with Crippen molar-refractivity contribution in [2.24, 2.45) is 5.92 Å². The van der Waals surface area contributed by atoms with E-state index in [1.807, 2.05) is 0 Å². The third kappa shape index (κ3) is 9.56. The molecular weight excluding hydrogens is 640 g/mol. The fourth-order valence-electron chi connectivity index (χ4n) is 3.45. The molecule has 1 unspecified atom stereocenters. The van der Waals surface area contributed by atoms with Crippen LogP contribution >= 0.6 is 39.1 Å². The van der Waals surface area contributed by atoms with Crippen LogP contribution < -0.4 is 0 Å². The van der Waals surface area contributed by atoms with Gasteiger partial charge in [0.25, 0.3) is 0 Å². The summed E-state index contributed by atoms with van der Waals surface area (Å²) in [5.74, 6) is -8.10. The van der Waals surface area contributed by atoms with Crippen molar-refractivity contribution in [1.82, 2.24) is 0 Å². The summed E-state index contributed by atoms with van der Waals surface area (Å²) in [5.41, 5.74) is -0.690. The molecule has 204 valence electrons. The summed E-state index contributed by atoms with van der Waals surface area (Å²) in [4.78, 5) is 12.6. The van der Waals surface area contributed by atoms with Crippen LogP contribution in [0.3, 0.4) is 0 Å². The Balaban J connectivity index is 2.25. The Morgan fingerprint density at radius 1 is 1.03 bits per heavy atom. The Bertz CT molecular complexity index is 1290. The van der Waals surface area contributed by atoms with Crippen LogP contribution in [0.25, 0.3) is 5.83 Å². The van der Waals surface area contributed by atoms with Crippen LogP contribution in [0, 0.1) is 5.92 Å². The Hall–Kier alpha value is -1.63. The normalized spacial score (nSPS) is 14.9. The zero-order valence-electron chi connectivity index (χ0n) is 18.7. The largest absolute Gasteiger partial charge is 0.402 e. The van der Waals surface area contributed by atoms with Crippen molar-refractivity contribution in [2.45, 2.75) is 31.6 Å². The van der Waals surface area contributed by atoms with E-state index >= 15 is 0 Å². The number of alkyl halides is 6. The maximum absolute atomic E-state index is 14.9. The molecule has 3 nitrogen and oxygen atoms in total. The minimum absolute atomic E-state index is 0.00185. The maximum Gasteiger partial charge on any atom is 0.402 e. The second-order valence-corrected chi connectivity index (χ2v) is 12.1. The molecule has 0 N–H and O–H groups in total. The van der Waals surface area contributed by atoms with Crippen molar-refractivity contribution < 1.29 is 43.9 Å². The molecule has 0 aliphatic rings. The van der Waals surface area contributed by atoms with E-state index in [1.54, 1.807) is 0 Å². The molecule has 2 aromatic carbocycles. The average Bonchev–Trinajstić information content (AvgIpc) is 2.70. The molecule has 0 aliphatic carbocycles. The standard InChI is InChI=1S/C23H18BrCl2F7O3S/c1-12(10-37(35,36)11-22(28,29)30)6-21(34)15-4-2-14(7-17(15)24)20(27)9-16(23(31,32)33)13-3-5-18(25)19(26)8-13/h2-5,7-9,12,16H,6,10-11H2,1H3/b20-9-/t12-,16?/m0/s1. The highest BCUT2D eigenvalue weighted by Crippen LogP contribution is 2.40. The number of sulfone groups is 1. The summed E-state index contributed by atoms with van der Waals surface area (Å²) in [5, 5.41) is -0.125. The van der Waals surface area contributed by atoms with Gasteiger partial charge >= 0.3 is 12.4 Å². The minimum atomic E-state index is -4.91. The lowest BCUT2D eigenvalue weighted by atomic mass is 9.96. The molecular formula is C23H18BrCl2F7O3S. The first-order valence-electron chi connectivity index (χ1n) is 10.3. The number of halogens is 10. The van der Waals surface area contributed by atoms with Crippen LogP contribution in [0.4, 0.5) is 30.7 Å². The predicted octanol–water partition coefficient (Wildman–Crippen LogP) is 8.60. The van der Waals surface area contributed by atoms with Gasteiger partial charge in [0.15, 0.2) is 15.6 Å². The van der Waals surface area contributed by atoms with Crippen molar-refractivity contribution in [1.29, 1.82) is 0 Å². The lowest BCUT2D eigenvalue weighted by Crippen LogP contribution is -2.28. The summed E-state index contributed by atoms with van der Waals surface area (Å²) in [6.07, 6.45) is -9.87. The summed E-state index contributed by atoms with van der Waals surface area (Å²) < 4.78 is 116. The van der Waals surface area contributed by atoms with Gasteiger partial charge in [0, 0.05) is 22.0 Å². The monoisotopic (exact) mass is 656 g/mol. The maximum atomic E-state index is 14.9. The van der Waals surface area contributed by atoms with E-state index in [1.165, 1.54) is 6.92 Å². The topological polar surface area (TPSA) is 51.2 Å². The van der Waals surface area contributed by atoms with Crippen LogP contribution in [0.5, 0.6) is 0 Å². The summed E-state index contributed by atoms with van der Waals surface area (Å²) in [6.45, 7) is 1.29. The Morgan fingerprint density at radius 2 is 1.65 bits per heavy atom. The van der Waals surface area contributed by atoms with E-state index in [9.17, 15) is 43.9 Å². The van der Waals surface area contributed by atoms with Crippen molar-refractivity contribution in [3.8, 4) is 0 Å². The van der Waals surface area contributed by atoms with Gasteiger partial charge in [-0.1, -0.05) is 58.2 Å². The Morgan fingerprint density at radius 3 is 2.16 bits per heavy atom. The number of hydrogen-bond acceptors (Lipinski definition) is 3.